The molecule has 2 aromatic carbocycles. The molecule has 0 spiro atoms. The second kappa shape index (κ2) is 9.27. The van der Waals surface area contributed by atoms with Gasteiger partial charge in [0.15, 0.2) is 0 Å². The van der Waals surface area contributed by atoms with Crippen LogP contribution in [-0.2, 0) is 22.6 Å². The van der Waals surface area contributed by atoms with E-state index in [0.29, 0.717) is 24.7 Å². The third kappa shape index (κ3) is 4.54. The molecule has 3 aromatic rings. The molecule has 0 amide bonds. The van der Waals surface area contributed by atoms with E-state index in [0.717, 1.165) is 12.1 Å². The van der Waals surface area contributed by atoms with E-state index in [9.17, 15) is 4.79 Å². The zero-order chi connectivity index (χ0) is 20.1. The molecule has 1 fully saturated rings. The van der Waals surface area contributed by atoms with Crippen LogP contribution >= 0.6 is 0 Å². The summed E-state index contributed by atoms with van der Waals surface area (Å²) >= 11 is 0. The molecule has 0 N–H and O–H groups in total. The number of esters is 1. The van der Waals surface area contributed by atoms with Gasteiger partial charge < -0.3 is 14.0 Å². The van der Waals surface area contributed by atoms with Gasteiger partial charge in [0, 0.05) is 23.6 Å². The summed E-state index contributed by atoms with van der Waals surface area (Å²) in [5.74, 6) is 0.320. The van der Waals surface area contributed by atoms with Gasteiger partial charge in [0.1, 0.15) is 0 Å². The van der Waals surface area contributed by atoms with E-state index in [1.165, 1.54) is 55.7 Å². The third-order valence-electron chi connectivity index (χ3n) is 5.97. The average Bonchev–Trinajstić information content (AvgIpc) is 3.15. The van der Waals surface area contributed by atoms with Crippen molar-refractivity contribution >= 4 is 16.9 Å². The van der Waals surface area contributed by atoms with E-state index in [1.54, 1.807) is 0 Å². The molecule has 29 heavy (non-hydrogen) atoms. The fourth-order valence-corrected chi connectivity index (χ4v) is 4.42. The Morgan fingerprint density at radius 2 is 1.86 bits per heavy atom. The van der Waals surface area contributed by atoms with Crippen LogP contribution in [0.25, 0.3) is 10.9 Å². The topological polar surface area (TPSA) is 40.5 Å². The maximum absolute atomic E-state index is 12.0. The highest BCUT2D eigenvalue weighted by Crippen LogP contribution is 2.37. The lowest BCUT2D eigenvalue weighted by atomic mass is 9.84. The Bertz CT molecular complexity index is 955. The molecule has 1 aliphatic rings. The van der Waals surface area contributed by atoms with Crippen molar-refractivity contribution in [3.8, 4) is 0 Å². The number of carbonyl (C=O) groups is 1. The number of rotatable bonds is 7. The minimum Gasteiger partial charge on any atom is -0.465 e. The van der Waals surface area contributed by atoms with Gasteiger partial charge in [-0.3, -0.25) is 0 Å². The van der Waals surface area contributed by atoms with Crippen LogP contribution in [0.2, 0.25) is 0 Å². The Kier molecular flexibility index (Phi) is 6.30. The van der Waals surface area contributed by atoms with Gasteiger partial charge in [-0.05, 0) is 42.0 Å². The summed E-state index contributed by atoms with van der Waals surface area (Å²) in [7, 11) is 1.43. The van der Waals surface area contributed by atoms with Crippen LogP contribution in [0.1, 0.15) is 59.5 Å². The van der Waals surface area contributed by atoms with Gasteiger partial charge in [-0.2, -0.15) is 0 Å². The SMILES string of the molecule is COC(=O)c1ccc2c(C3CCCCC3)cn(CCOCc3ccccc3)c2c1. The zero-order valence-corrected chi connectivity index (χ0v) is 17.1. The summed E-state index contributed by atoms with van der Waals surface area (Å²) in [6.45, 7) is 2.01. The van der Waals surface area contributed by atoms with E-state index in [4.69, 9.17) is 9.47 Å². The lowest BCUT2D eigenvalue weighted by Crippen LogP contribution is -2.06. The largest absolute Gasteiger partial charge is 0.465 e. The Labute approximate surface area is 172 Å². The third-order valence-corrected chi connectivity index (χ3v) is 5.97. The smallest absolute Gasteiger partial charge is 0.337 e. The molecule has 1 aliphatic carbocycles. The number of benzene rings is 2. The molecule has 0 atom stereocenters. The van der Waals surface area contributed by atoms with Crippen molar-refractivity contribution in [1.29, 1.82) is 0 Å². The quantitative estimate of drug-likeness (QED) is 0.384. The first kappa shape index (κ1) is 19.7. The van der Waals surface area contributed by atoms with Gasteiger partial charge in [-0.25, -0.2) is 4.79 Å². The minimum atomic E-state index is -0.292. The molecule has 0 bridgehead atoms. The standard InChI is InChI=1S/C25H29NO3/c1-28-25(27)21-12-13-22-23(20-10-6-3-7-11-20)17-26(24(22)16-21)14-15-29-18-19-8-4-2-5-9-19/h2,4-5,8-9,12-13,16-17,20H,3,6-7,10-11,14-15,18H2,1H3. The first-order valence-corrected chi connectivity index (χ1v) is 10.6. The predicted octanol–water partition coefficient (Wildman–Crippen LogP) is 5.69. The summed E-state index contributed by atoms with van der Waals surface area (Å²) in [6, 6.07) is 16.2. The number of carbonyl (C=O) groups excluding carboxylic acids is 1. The van der Waals surface area contributed by atoms with Crippen molar-refractivity contribution in [3.63, 3.8) is 0 Å². The molecule has 1 aromatic heterocycles. The number of fused-ring (bicyclic) bond motifs is 1. The summed E-state index contributed by atoms with van der Waals surface area (Å²) in [5, 5.41) is 1.26. The second-order valence-electron chi connectivity index (χ2n) is 7.87. The first-order chi connectivity index (χ1) is 14.3. The van der Waals surface area contributed by atoms with Gasteiger partial charge in [-0.15, -0.1) is 0 Å². The van der Waals surface area contributed by atoms with E-state index in [1.807, 2.05) is 30.3 Å². The number of hydrogen-bond acceptors (Lipinski definition) is 3. The molecule has 0 saturated heterocycles. The maximum Gasteiger partial charge on any atom is 0.337 e. The molecule has 4 heteroatoms. The molecule has 1 saturated carbocycles. The van der Waals surface area contributed by atoms with E-state index in [2.05, 4.69) is 29.0 Å². The highest BCUT2D eigenvalue weighted by molar-refractivity contribution is 5.95. The first-order valence-electron chi connectivity index (χ1n) is 10.6. The summed E-state index contributed by atoms with van der Waals surface area (Å²) in [6.07, 6.45) is 8.74. The van der Waals surface area contributed by atoms with Gasteiger partial charge in [0.05, 0.1) is 25.9 Å². The van der Waals surface area contributed by atoms with Gasteiger partial charge in [0.25, 0.3) is 0 Å². The van der Waals surface area contributed by atoms with E-state index < -0.39 is 0 Å². The number of aromatic nitrogens is 1. The molecular weight excluding hydrogens is 362 g/mol. The van der Waals surface area contributed by atoms with Crippen molar-refractivity contribution in [2.75, 3.05) is 13.7 Å². The monoisotopic (exact) mass is 391 g/mol. The maximum atomic E-state index is 12.0. The summed E-state index contributed by atoms with van der Waals surface area (Å²) in [4.78, 5) is 12.0. The van der Waals surface area contributed by atoms with Crippen molar-refractivity contribution in [1.82, 2.24) is 4.57 Å². The number of hydrogen-bond donors (Lipinski definition) is 0. The van der Waals surface area contributed by atoms with Crippen LogP contribution in [0.15, 0.2) is 54.7 Å². The minimum absolute atomic E-state index is 0.292. The summed E-state index contributed by atoms with van der Waals surface area (Å²) < 4.78 is 13.1. The van der Waals surface area contributed by atoms with Gasteiger partial charge in [0.2, 0.25) is 0 Å². The zero-order valence-electron chi connectivity index (χ0n) is 17.1. The van der Waals surface area contributed by atoms with Crippen molar-refractivity contribution in [3.05, 3.63) is 71.4 Å². The van der Waals surface area contributed by atoms with Crippen LogP contribution in [-0.4, -0.2) is 24.3 Å². The van der Waals surface area contributed by atoms with Crippen LogP contribution < -0.4 is 0 Å². The van der Waals surface area contributed by atoms with E-state index >= 15 is 0 Å². The van der Waals surface area contributed by atoms with E-state index in [-0.39, 0.29) is 5.97 Å². The van der Waals surface area contributed by atoms with Gasteiger partial charge >= 0.3 is 5.97 Å². The Morgan fingerprint density at radius 3 is 2.62 bits per heavy atom. The van der Waals surface area contributed by atoms with Crippen LogP contribution in [0, 0.1) is 0 Å². The highest BCUT2D eigenvalue weighted by atomic mass is 16.5. The molecule has 152 valence electrons. The van der Waals surface area contributed by atoms with Crippen molar-refractivity contribution < 1.29 is 14.3 Å². The number of nitrogens with zero attached hydrogens (tertiary/aromatic N) is 1. The number of ether oxygens (including phenoxy) is 2. The van der Waals surface area contributed by atoms with Crippen LogP contribution in [0.3, 0.4) is 0 Å². The molecule has 4 rings (SSSR count). The lowest BCUT2D eigenvalue weighted by molar-refractivity contribution is 0.0601. The van der Waals surface area contributed by atoms with Crippen molar-refractivity contribution in [2.24, 2.45) is 0 Å². The average molecular weight is 392 g/mol. The Morgan fingerprint density at radius 1 is 1.07 bits per heavy atom. The van der Waals surface area contributed by atoms with Gasteiger partial charge in [-0.1, -0.05) is 55.7 Å². The molecular formula is C25H29NO3. The Hall–Kier alpha value is -2.59. The number of methoxy groups -OCH3 is 1. The molecule has 0 radical (unpaired) electrons. The molecule has 0 unspecified atom stereocenters. The highest BCUT2D eigenvalue weighted by Gasteiger charge is 2.21. The predicted molar refractivity (Wildman–Crippen MR) is 115 cm³/mol. The fourth-order valence-electron chi connectivity index (χ4n) is 4.42. The van der Waals surface area contributed by atoms with Crippen LogP contribution in [0.5, 0.6) is 0 Å². The summed E-state index contributed by atoms with van der Waals surface area (Å²) in [5.41, 5.74) is 4.29. The molecule has 1 heterocycles. The lowest BCUT2D eigenvalue weighted by Gasteiger charge is -2.21. The molecule has 0 aliphatic heterocycles. The molecule has 4 nitrogen and oxygen atoms in total. The normalized spacial score (nSPS) is 14.9. The second-order valence-corrected chi connectivity index (χ2v) is 7.87. The van der Waals surface area contributed by atoms with Crippen LogP contribution in [0.4, 0.5) is 0 Å². The fraction of sp³-hybridized carbons (Fsp3) is 0.400. The Balaban J connectivity index is 1.55. The van der Waals surface area contributed by atoms with Crippen molar-refractivity contribution in [2.45, 2.75) is 51.2 Å².